The molecule has 43 heavy (non-hydrogen) atoms. The van der Waals surface area contributed by atoms with E-state index in [9.17, 15) is 23.2 Å². The Kier molecular flexibility index (Phi) is 8.00. The molecule has 0 radical (unpaired) electrons. The normalized spacial score (nSPS) is 18.5. The third-order valence-corrected chi connectivity index (χ3v) is 9.55. The Morgan fingerprint density at radius 1 is 1.00 bits per heavy atom. The van der Waals surface area contributed by atoms with Crippen LogP contribution in [0.2, 0.25) is 0 Å². The smallest absolute Gasteiger partial charge is 0.384 e. The van der Waals surface area contributed by atoms with Gasteiger partial charge in [-0.1, -0.05) is 50.2 Å². The highest BCUT2D eigenvalue weighted by atomic mass is 32.2. The van der Waals surface area contributed by atoms with E-state index in [4.69, 9.17) is 5.73 Å². The number of nitriles is 1. The number of nitrogens with zero attached hydrogens (tertiary/aromatic N) is 2. The van der Waals surface area contributed by atoms with Crippen LogP contribution in [0.4, 0.5) is 18.9 Å². The van der Waals surface area contributed by atoms with Crippen LogP contribution in [0, 0.1) is 37.5 Å². The number of nitrogens with two attached hydrogens (primary N) is 1. The van der Waals surface area contributed by atoms with Crippen LogP contribution in [0.3, 0.4) is 0 Å². The summed E-state index contributed by atoms with van der Waals surface area (Å²) >= 11 is 1.73. The lowest BCUT2D eigenvalue weighted by Crippen LogP contribution is -2.42. The Hall–Kier alpha value is -3.96. The van der Waals surface area contributed by atoms with Gasteiger partial charge < -0.3 is 5.73 Å². The van der Waals surface area contributed by atoms with Crippen molar-refractivity contribution in [1.82, 2.24) is 0 Å². The van der Waals surface area contributed by atoms with Crippen LogP contribution in [-0.4, -0.2) is 5.78 Å². The Morgan fingerprint density at radius 2 is 1.72 bits per heavy atom. The van der Waals surface area contributed by atoms with Gasteiger partial charge in [-0.2, -0.15) is 18.4 Å². The molecule has 0 amide bonds. The Morgan fingerprint density at radius 3 is 2.40 bits per heavy atom. The molecule has 3 aromatic carbocycles. The molecule has 8 heteroatoms. The van der Waals surface area contributed by atoms with Gasteiger partial charge in [-0.25, -0.2) is 0 Å². The van der Waals surface area contributed by atoms with Crippen LogP contribution in [0.25, 0.3) is 0 Å². The van der Waals surface area contributed by atoms with Gasteiger partial charge in [0.15, 0.2) is 5.78 Å². The second-order valence-electron chi connectivity index (χ2n) is 12.2. The summed E-state index contributed by atoms with van der Waals surface area (Å²) in [6, 6.07) is 19.5. The molecule has 0 spiro atoms. The lowest BCUT2D eigenvalue weighted by molar-refractivity contribution is -0.137. The molecule has 1 heterocycles. The number of anilines is 1. The third-order valence-electron chi connectivity index (χ3n) is 8.33. The highest BCUT2D eigenvalue weighted by Gasteiger charge is 2.45. The van der Waals surface area contributed by atoms with E-state index in [1.807, 2.05) is 32.9 Å². The minimum absolute atomic E-state index is 0.0480. The quantitative estimate of drug-likeness (QED) is 0.296. The zero-order valence-corrected chi connectivity index (χ0v) is 25.7. The third kappa shape index (κ3) is 5.83. The summed E-state index contributed by atoms with van der Waals surface area (Å²) < 4.78 is 41.1. The maximum atomic E-state index is 14.0. The van der Waals surface area contributed by atoms with Crippen LogP contribution in [0.15, 0.2) is 88.2 Å². The number of benzene rings is 3. The molecular formula is C35H34F3N3OS. The van der Waals surface area contributed by atoms with Crippen molar-refractivity contribution in [1.29, 1.82) is 5.26 Å². The van der Waals surface area contributed by atoms with E-state index in [1.54, 1.807) is 11.8 Å². The first-order valence-corrected chi connectivity index (χ1v) is 15.1. The number of hydrogen-bond acceptors (Lipinski definition) is 5. The Bertz CT molecular complexity index is 1730. The molecule has 4 nitrogen and oxygen atoms in total. The van der Waals surface area contributed by atoms with Crippen molar-refractivity contribution in [2.75, 3.05) is 4.90 Å². The molecule has 2 aliphatic rings. The fraction of sp³-hybridized carbons (Fsp3) is 0.314. The lowest BCUT2D eigenvalue weighted by Gasteiger charge is -2.44. The second-order valence-corrected chi connectivity index (χ2v) is 13.2. The van der Waals surface area contributed by atoms with Crippen molar-refractivity contribution >= 4 is 23.2 Å². The van der Waals surface area contributed by atoms with E-state index >= 15 is 0 Å². The highest BCUT2D eigenvalue weighted by Crippen LogP contribution is 2.51. The molecule has 5 rings (SSSR count). The van der Waals surface area contributed by atoms with Crippen molar-refractivity contribution in [3.63, 3.8) is 0 Å². The molecule has 0 aromatic heterocycles. The molecule has 1 unspecified atom stereocenters. The van der Waals surface area contributed by atoms with E-state index in [-0.39, 0.29) is 29.3 Å². The lowest BCUT2D eigenvalue weighted by atomic mass is 9.68. The molecule has 1 aliphatic heterocycles. The number of carbonyl (C=O) groups is 1. The highest BCUT2D eigenvalue weighted by molar-refractivity contribution is 7.98. The number of ketones is 1. The van der Waals surface area contributed by atoms with Crippen molar-refractivity contribution in [2.24, 2.45) is 11.1 Å². The molecular weight excluding hydrogens is 567 g/mol. The topological polar surface area (TPSA) is 70.1 Å². The van der Waals surface area contributed by atoms with Gasteiger partial charge in [0.05, 0.1) is 23.1 Å². The fourth-order valence-corrected chi connectivity index (χ4v) is 7.29. The predicted molar refractivity (Wildman–Crippen MR) is 165 cm³/mol. The molecule has 1 aliphatic carbocycles. The minimum atomic E-state index is -4.56. The predicted octanol–water partition coefficient (Wildman–Crippen LogP) is 8.86. The average molecular weight is 602 g/mol. The number of thioether (sulfide) groups is 1. The summed E-state index contributed by atoms with van der Waals surface area (Å²) in [5, 5.41) is 10.5. The number of hydrogen-bond donors (Lipinski definition) is 1. The largest absolute Gasteiger partial charge is 0.416 e. The number of Topliss-reactive ketones (excluding diaryl/α,β-unsaturated/α-hetero) is 1. The molecule has 0 fully saturated rings. The van der Waals surface area contributed by atoms with Gasteiger partial charge in [-0.05, 0) is 84.7 Å². The summed E-state index contributed by atoms with van der Waals surface area (Å²) in [6.45, 7) is 10.0. The first-order valence-electron chi connectivity index (χ1n) is 14.1. The summed E-state index contributed by atoms with van der Waals surface area (Å²) in [4.78, 5) is 16.6. The van der Waals surface area contributed by atoms with Gasteiger partial charge in [0.1, 0.15) is 5.82 Å². The standard InChI is InChI=1S/C35H34F3N3OS/c1-20-9-6-7-12-30(20)43-19-23-14-26(22(3)13-21(23)2)31-27(18-39)33(40)41(25-11-8-10-24(15-25)35(36,37)38)28-16-34(4,5)17-29(42)32(28)31/h6-15,31H,16-17,19,40H2,1-5H3. The van der Waals surface area contributed by atoms with Crippen molar-refractivity contribution in [3.05, 3.63) is 117 Å². The van der Waals surface area contributed by atoms with Crippen molar-refractivity contribution < 1.29 is 18.0 Å². The summed E-state index contributed by atoms with van der Waals surface area (Å²) in [6.07, 6.45) is -3.88. The van der Waals surface area contributed by atoms with Gasteiger partial charge >= 0.3 is 6.18 Å². The molecule has 0 bridgehead atoms. The molecule has 222 valence electrons. The van der Waals surface area contributed by atoms with E-state index in [0.717, 1.165) is 34.4 Å². The average Bonchev–Trinajstić information content (AvgIpc) is 2.92. The van der Waals surface area contributed by atoms with Crippen molar-refractivity contribution in [2.45, 2.75) is 70.2 Å². The summed E-state index contributed by atoms with van der Waals surface area (Å²) in [5.41, 5.74) is 11.9. The van der Waals surface area contributed by atoms with E-state index in [0.29, 0.717) is 23.4 Å². The SMILES string of the molecule is Cc1cc(C)c(C2C(C#N)=C(N)N(c3cccc(C(F)(F)F)c3)C3=C2C(=O)CC(C)(C)C3)cc1CSc1ccccc1C. The number of carbonyl (C=O) groups excluding carboxylic acids is 1. The van der Waals surface area contributed by atoms with E-state index < -0.39 is 23.1 Å². The first kappa shape index (κ1) is 30.5. The Labute approximate surface area is 255 Å². The number of rotatable bonds is 5. The molecule has 0 saturated heterocycles. The van der Waals surface area contributed by atoms with Gasteiger partial charge in [-0.3, -0.25) is 9.69 Å². The van der Waals surface area contributed by atoms with Crippen LogP contribution < -0.4 is 10.6 Å². The van der Waals surface area contributed by atoms with E-state index in [2.05, 4.69) is 44.2 Å². The van der Waals surface area contributed by atoms with E-state index in [1.165, 1.54) is 27.5 Å². The molecule has 2 N–H and O–H groups in total. The Balaban J connectivity index is 1.68. The fourth-order valence-electron chi connectivity index (χ4n) is 6.19. The zero-order valence-electron chi connectivity index (χ0n) is 24.9. The molecule has 0 saturated carbocycles. The van der Waals surface area contributed by atoms with Gasteiger partial charge in [0.25, 0.3) is 0 Å². The van der Waals surface area contributed by atoms with Crippen LogP contribution in [0.1, 0.15) is 66.0 Å². The number of halogens is 3. The number of alkyl halides is 3. The maximum Gasteiger partial charge on any atom is 0.416 e. The van der Waals surface area contributed by atoms with Crippen LogP contribution >= 0.6 is 11.8 Å². The molecule has 3 aromatic rings. The molecule has 1 atom stereocenters. The summed E-state index contributed by atoms with van der Waals surface area (Å²) in [5.74, 6) is -0.0919. The van der Waals surface area contributed by atoms with Crippen LogP contribution in [-0.2, 0) is 16.7 Å². The maximum absolute atomic E-state index is 14.0. The van der Waals surface area contributed by atoms with Crippen molar-refractivity contribution in [3.8, 4) is 6.07 Å². The van der Waals surface area contributed by atoms with Crippen LogP contribution in [0.5, 0.6) is 0 Å². The second kappa shape index (κ2) is 11.3. The first-order chi connectivity index (χ1) is 20.2. The van der Waals surface area contributed by atoms with Gasteiger partial charge in [0.2, 0.25) is 0 Å². The number of allylic oxidation sites excluding steroid dienone is 3. The zero-order chi connectivity index (χ0) is 31.3. The van der Waals surface area contributed by atoms with Gasteiger partial charge in [0, 0.05) is 34.0 Å². The minimum Gasteiger partial charge on any atom is -0.384 e. The summed E-state index contributed by atoms with van der Waals surface area (Å²) in [7, 11) is 0. The monoisotopic (exact) mass is 601 g/mol. The number of aryl methyl sites for hydroxylation is 3. The van der Waals surface area contributed by atoms with Gasteiger partial charge in [-0.15, -0.1) is 11.8 Å².